The number of hydrogen-bond acceptors (Lipinski definition) is 6. The summed E-state index contributed by atoms with van der Waals surface area (Å²) >= 11 is 0. The SMILES string of the molecule is CS(=O)(=O)c1nnc(-c2ccc(N=[N+]=[N-])cc2)o1. The third kappa shape index (κ3) is 2.47. The molecule has 0 aliphatic rings. The Bertz CT molecular complexity index is 713. The molecule has 0 aliphatic heterocycles. The monoisotopic (exact) mass is 265 g/mol. The normalized spacial score (nSPS) is 10.9. The molecule has 0 unspecified atom stereocenters. The average Bonchev–Trinajstić information content (AvgIpc) is 2.79. The predicted molar refractivity (Wildman–Crippen MR) is 61.6 cm³/mol. The molecule has 9 heteroatoms. The first-order valence-corrected chi connectivity index (χ1v) is 6.59. The second-order valence-electron chi connectivity index (χ2n) is 3.38. The highest BCUT2D eigenvalue weighted by atomic mass is 32.2. The Labute approximate surface area is 102 Å². The molecule has 0 N–H and O–H groups in total. The van der Waals surface area contributed by atoms with Crippen molar-refractivity contribution in [2.75, 3.05) is 6.26 Å². The summed E-state index contributed by atoms with van der Waals surface area (Å²) in [5.41, 5.74) is 9.22. The summed E-state index contributed by atoms with van der Waals surface area (Å²) in [6, 6.07) is 6.28. The Hall–Kier alpha value is -2.38. The molecule has 0 amide bonds. The molecule has 8 nitrogen and oxygen atoms in total. The Kier molecular flexibility index (Phi) is 3.00. The first kappa shape index (κ1) is 12.1. The van der Waals surface area contributed by atoms with Gasteiger partial charge in [-0.1, -0.05) is 22.3 Å². The molecule has 18 heavy (non-hydrogen) atoms. The Morgan fingerprint density at radius 1 is 1.28 bits per heavy atom. The fourth-order valence-corrected chi connectivity index (χ4v) is 1.62. The van der Waals surface area contributed by atoms with Crippen LogP contribution >= 0.6 is 0 Å². The van der Waals surface area contributed by atoms with Crippen molar-refractivity contribution in [3.8, 4) is 11.5 Å². The maximum atomic E-state index is 11.2. The van der Waals surface area contributed by atoms with Crippen LogP contribution in [-0.2, 0) is 9.84 Å². The summed E-state index contributed by atoms with van der Waals surface area (Å²) in [5.74, 6) is 0.0860. The molecule has 0 radical (unpaired) electrons. The van der Waals surface area contributed by atoms with Crippen molar-refractivity contribution >= 4 is 15.5 Å². The first-order chi connectivity index (χ1) is 8.50. The standard InChI is InChI=1S/C9H7N5O3S/c1-18(15,16)9-13-12-8(17-9)6-2-4-7(5-3-6)11-14-10/h2-5H,1H3. The van der Waals surface area contributed by atoms with Crippen molar-refractivity contribution in [2.24, 2.45) is 5.11 Å². The fourth-order valence-electron chi connectivity index (χ4n) is 1.20. The van der Waals surface area contributed by atoms with Gasteiger partial charge in [0.2, 0.25) is 15.7 Å². The molecule has 0 saturated heterocycles. The molecule has 0 aliphatic carbocycles. The van der Waals surface area contributed by atoms with Gasteiger partial charge in [-0.05, 0) is 17.7 Å². The number of benzene rings is 1. The lowest BCUT2D eigenvalue weighted by Gasteiger charge is -1.94. The van der Waals surface area contributed by atoms with Crippen LogP contribution in [-0.4, -0.2) is 24.9 Å². The van der Waals surface area contributed by atoms with Crippen molar-refractivity contribution in [3.05, 3.63) is 34.7 Å². The molecular weight excluding hydrogens is 258 g/mol. The molecule has 0 bridgehead atoms. The van der Waals surface area contributed by atoms with Crippen molar-refractivity contribution in [1.82, 2.24) is 10.2 Å². The van der Waals surface area contributed by atoms with Crippen molar-refractivity contribution < 1.29 is 12.8 Å². The van der Waals surface area contributed by atoms with Gasteiger partial charge in [0.05, 0.1) is 0 Å². The van der Waals surface area contributed by atoms with Gasteiger partial charge >= 0.3 is 5.22 Å². The minimum absolute atomic E-state index is 0.0860. The zero-order valence-corrected chi connectivity index (χ0v) is 9.99. The maximum absolute atomic E-state index is 11.2. The van der Waals surface area contributed by atoms with E-state index in [2.05, 4.69) is 20.2 Å². The number of nitrogens with zero attached hydrogens (tertiary/aromatic N) is 5. The molecule has 1 heterocycles. The smallest absolute Gasteiger partial charge is 0.335 e. The third-order valence-electron chi connectivity index (χ3n) is 2.00. The summed E-state index contributed by atoms with van der Waals surface area (Å²) < 4.78 is 27.4. The van der Waals surface area contributed by atoms with E-state index in [1.54, 1.807) is 24.3 Å². The van der Waals surface area contributed by atoms with Gasteiger partial charge in [-0.3, -0.25) is 0 Å². The molecule has 0 spiro atoms. The number of hydrogen-bond donors (Lipinski definition) is 0. The first-order valence-electron chi connectivity index (χ1n) is 4.70. The second kappa shape index (κ2) is 4.47. The van der Waals surface area contributed by atoms with Gasteiger partial charge in [0.1, 0.15) is 0 Å². The van der Waals surface area contributed by atoms with Crippen molar-refractivity contribution in [1.29, 1.82) is 0 Å². The molecule has 0 atom stereocenters. The quantitative estimate of drug-likeness (QED) is 0.477. The highest BCUT2D eigenvalue weighted by Crippen LogP contribution is 2.22. The van der Waals surface area contributed by atoms with Crippen LogP contribution in [0, 0.1) is 0 Å². The van der Waals surface area contributed by atoms with Crippen LogP contribution in [0.5, 0.6) is 0 Å². The van der Waals surface area contributed by atoms with E-state index in [0.29, 0.717) is 11.3 Å². The number of aromatic nitrogens is 2. The Morgan fingerprint density at radius 2 is 1.94 bits per heavy atom. The van der Waals surface area contributed by atoms with Gasteiger partial charge in [0, 0.05) is 22.4 Å². The zero-order chi connectivity index (χ0) is 13.2. The topological polar surface area (TPSA) is 122 Å². The maximum Gasteiger partial charge on any atom is 0.335 e. The van der Waals surface area contributed by atoms with Crippen LogP contribution < -0.4 is 0 Å². The highest BCUT2D eigenvalue weighted by molar-refractivity contribution is 7.90. The molecule has 1 aromatic heterocycles. The van der Waals surface area contributed by atoms with Crippen LogP contribution in [0.2, 0.25) is 0 Å². The summed E-state index contributed by atoms with van der Waals surface area (Å²) in [7, 11) is -3.51. The van der Waals surface area contributed by atoms with Crippen LogP contribution in [0.15, 0.2) is 39.0 Å². The summed E-state index contributed by atoms with van der Waals surface area (Å²) in [5, 5.41) is 10.0. The van der Waals surface area contributed by atoms with Crippen LogP contribution in [0.4, 0.5) is 5.69 Å². The van der Waals surface area contributed by atoms with E-state index in [-0.39, 0.29) is 5.89 Å². The predicted octanol–water partition coefficient (Wildman–Crippen LogP) is 2.08. The van der Waals surface area contributed by atoms with Gasteiger partial charge in [0.25, 0.3) is 0 Å². The third-order valence-corrected chi connectivity index (χ3v) is 2.80. The van der Waals surface area contributed by atoms with Crippen LogP contribution in [0.25, 0.3) is 21.9 Å². The summed E-state index contributed by atoms with van der Waals surface area (Å²) in [6.07, 6.45) is 0.981. The molecule has 2 aromatic rings. The minimum atomic E-state index is -3.51. The van der Waals surface area contributed by atoms with E-state index in [1.807, 2.05) is 0 Å². The average molecular weight is 265 g/mol. The molecule has 92 valence electrons. The summed E-state index contributed by atoms with van der Waals surface area (Å²) in [4.78, 5) is 2.64. The van der Waals surface area contributed by atoms with E-state index in [0.717, 1.165) is 6.26 Å². The summed E-state index contributed by atoms with van der Waals surface area (Å²) in [6.45, 7) is 0. The lowest BCUT2D eigenvalue weighted by molar-refractivity contribution is 0.442. The minimum Gasteiger partial charge on any atom is -0.408 e. The molecule has 0 saturated carbocycles. The van der Waals surface area contributed by atoms with Crippen LogP contribution in [0.1, 0.15) is 0 Å². The molecule has 0 fully saturated rings. The molecule has 1 aromatic carbocycles. The van der Waals surface area contributed by atoms with E-state index in [9.17, 15) is 8.42 Å². The van der Waals surface area contributed by atoms with Gasteiger partial charge in [-0.15, -0.1) is 5.10 Å². The van der Waals surface area contributed by atoms with Gasteiger partial charge < -0.3 is 4.42 Å². The van der Waals surface area contributed by atoms with E-state index >= 15 is 0 Å². The largest absolute Gasteiger partial charge is 0.408 e. The fraction of sp³-hybridized carbons (Fsp3) is 0.111. The lowest BCUT2D eigenvalue weighted by Crippen LogP contribution is -1.96. The van der Waals surface area contributed by atoms with Gasteiger partial charge in [-0.2, -0.15) is 0 Å². The number of rotatable bonds is 3. The lowest BCUT2D eigenvalue weighted by atomic mass is 10.2. The molecular formula is C9H7N5O3S. The second-order valence-corrected chi connectivity index (χ2v) is 5.28. The van der Waals surface area contributed by atoms with Gasteiger partial charge in [0.15, 0.2) is 0 Å². The van der Waals surface area contributed by atoms with Crippen molar-refractivity contribution in [2.45, 2.75) is 5.22 Å². The van der Waals surface area contributed by atoms with Crippen molar-refractivity contribution in [3.63, 3.8) is 0 Å². The number of azide groups is 1. The number of sulfone groups is 1. The highest BCUT2D eigenvalue weighted by Gasteiger charge is 2.17. The van der Waals surface area contributed by atoms with Crippen LogP contribution in [0.3, 0.4) is 0 Å². The Balaban J connectivity index is 2.37. The van der Waals surface area contributed by atoms with E-state index < -0.39 is 15.1 Å². The van der Waals surface area contributed by atoms with E-state index in [4.69, 9.17) is 9.95 Å². The van der Waals surface area contributed by atoms with Gasteiger partial charge in [-0.25, -0.2) is 8.42 Å². The zero-order valence-electron chi connectivity index (χ0n) is 9.18. The Morgan fingerprint density at radius 3 is 2.44 bits per heavy atom. The van der Waals surface area contributed by atoms with E-state index in [1.165, 1.54) is 0 Å². The molecule has 2 rings (SSSR count).